The molecule has 0 spiro atoms. The third-order valence-electron chi connectivity index (χ3n) is 3.45. The molecule has 1 heterocycles. The summed E-state index contributed by atoms with van der Waals surface area (Å²) in [5.74, 6) is 1.86. The number of benzene rings is 1. The number of guanidine groups is 1. The van der Waals surface area contributed by atoms with Gasteiger partial charge in [0.15, 0.2) is 5.96 Å². The first-order valence-electron chi connectivity index (χ1n) is 7.81. The van der Waals surface area contributed by atoms with E-state index in [4.69, 9.17) is 0 Å². The smallest absolute Gasteiger partial charge is 0.191 e. The van der Waals surface area contributed by atoms with Crippen molar-refractivity contribution in [1.29, 1.82) is 0 Å². The topological polar surface area (TPSA) is 49.3 Å². The largest absolute Gasteiger partial charge is 0.356 e. The van der Waals surface area contributed by atoms with E-state index in [1.807, 2.05) is 30.2 Å². The summed E-state index contributed by atoms with van der Waals surface area (Å²) in [6.07, 6.45) is 4.72. The molecule has 1 aromatic carbocycles. The van der Waals surface area contributed by atoms with E-state index in [1.165, 1.54) is 16.0 Å². The number of thioether (sulfide) groups is 1. The first-order valence-corrected chi connectivity index (χ1v) is 8.80. The summed E-state index contributed by atoms with van der Waals surface area (Å²) in [6, 6.07) is 12.5. The second-order valence-electron chi connectivity index (χ2n) is 5.14. The summed E-state index contributed by atoms with van der Waals surface area (Å²) in [7, 11) is 1.80. The molecule has 0 unspecified atom stereocenters. The molecule has 0 saturated heterocycles. The highest BCUT2D eigenvalue weighted by atomic mass is 32.2. The van der Waals surface area contributed by atoms with Crippen LogP contribution in [0.25, 0.3) is 0 Å². The van der Waals surface area contributed by atoms with E-state index in [-0.39, 0.29) is 0 Å². The highest BCUT2D eigenvalue weighted by Gasteiger charge is 2.00. The van der Waals surface area contributed by atoms with Gasteiger partial charge < -0.3 is 10.6 Å². The molecule has 0 saturated carbocycles. The maximum absolute atomic E-state index is 4.26. The van der Waals surface area contributed by atoms with Crippen LogP contribution in [0.2, 0.25) is 0 Å². The highest BCUT2D eigenvalue weighted by Crippen LogP contribution is 2.15. The monoisotopic (exact) mass is 328 g/mol. The standard InChI is InChI=1S/C18H24N4S/c1-15-14-20-10-8-16(15)9-11-21-18(19-2)22-12-13-23-17-6-4-3-5-7-17/h3-8,10,14H,9,11-13H2,1-2H3,(H2,19,21,22). The van der Waals surface area contributed by atoms with Crippen LogP contribution in [0.15, 0.2) is 58.7 Å². The number of hydrogen-bond acceptors (Lipinski definition) is 3. The maximum atomic E-state index is 4.26. The Balaban J connectivity index is 1.65. The lowest BCUT2D eigenvalue weighted by Crippen LogP contribution is -2.39. The lowest BCUT2D eigenvalue weighted by molar-refractivity contribution is 0.808. The normalized spacial score (nSPS) is 11.3. The van der Waals surface area contributed by atoms with Crippen molar-refractivity contribution in [1.82, 2.24) is 15.6 Å². The number of hydrogen-bond donors (Lipinski definition) is 2. The van der Waals surface area contributed by atoms with Gasteiger partial charge in [0.05, 0.1) is 0 Å². The first-order chi connectivity index (χ1) is 11.3. The third kappa shape index (κ3) is 6.32. The summed E-state index contributed by atoms with van der Waals surface area (Å²) >= 11 is 1.84. The van der Waals surface area contributed by atoms with Gasteiger partial charge in [-0.15, -0.1) is 11.8 Å². The molecule has 2 rings (SSSR count). The minimum atomic E-state index is 0.852. The van der Waals surface area contributed by atoms with Crippen molar-refractivity contribution in [2.24, 2.45) is 4.99 Å². The Morgan fingerprint density at radius 2 is 1.91 bits per heavy atom. The molecule has 2 N–H and O–H groups in total. The SMILES string of the molecule is CN=C(NCCSc1ccccc1)NCCc1ccncc1C. The van der Waals surface area contributed by atoms with Gasteiger partial charge >= 0.3 is 0 Å². The van der Waals surface area contributed by atoms with E-state index in [0.717, 1.165) is 31.2 Å². The van der Waals surface area contributed by atoms with Crippen molar-refractivity contribution in [3.63, 3.8) is 0 Å². The van der Waals surface area contributed by atoms with E-state index in [0.29, 0.717) is 0 Å². The minimum absolute atomic E-state index is 0.852. The minimum Gasteiger partial charge on any atom is -0.356 e. The molecule has 1 aromatic heterocycles. The second kappa shape index (κ2) is 9.90. The fourth-order valence-electron chi connectivity index (χ4n) is 2.17. The Hall–Kier alpha value is -2.01. The van der Waals surface area contributed by atoms with Crippen molar-refractivity contribution in [3.8, 4) is 0 Å². The molecule has 5 heteroatoms. The van der Waals surface area contributed by atoms with Crippen LogP contribution in [0, 0.1) is 6.92 Å². The summed E-state index contributed by atoms with van der Waals surface area (Å²) in [6.45, 7) is 3.83. The molecule has 0 aliphatic rings. The Morgan fingerprint density at radius 3 is 2.65 bits per heavy atom. The van der Waals surface area contributed by atoms with Gasteiger partial charge in [-0.05, 0) is 42.7 Å². The van der Waals surface area contributed by atoms with Crippen LogP contribution in [0.3, 0.4) is 0 Å². The van der Waals surface area contributed by atoms with Crippen molar-refractivity contribution < 1.29 is 0 Å². The number of aliphatic imine (C=N–C) groups is 1. The number of nitrogens with one attached hydrogen (secondary N) is 2. The van der Waals surface area contributed by atoms with Gasteiger partial charge in [0.2, 0.25) is 0 Å². The van der Waals surface area contributed by atoms with Crippen LogP contribution in [0.1, 0.15) is 11.1 Å². The van der Waals surface area contributed by atoms with Gasteiger partial charge in [0, 0.05) is 43.2 Å². The molecule has 0 aliphatic heterocycles. The maximum Gasteiger partial charge on any atom is 0.191 e. The Labute approximate surface area is 142 Å². The van der Waals surface area contributed by atoms with Gasteiger partial charge in [-0.1, -0.05) is 18.2 Å². The molecular formula is C18H24N4S. The van der Waals surface area contributed by atoms with Crippen LogP contribution in [-0.4, -0.2) is 36.8 Å². The lowest BCUT2D eigenvalue weighted by atomic mass is 10.1. The zero-order valence-corrected chi connectivity index (χ0v) is 14.6. The van der Waals surface area contributed by atoms with E-state index in [9.17, 15) is 0 Å². The molecule has 0 bridgehead atoms. The molecule has 4 nitrogen and oxygen atoms in total. The first kappa shape index (κ1) is 17.3. The van der Waals surface area contributed by atoms with Crippen LogP contribution in [0.4, 0.5) is 0 Å². The van der Waals surface area contributed by atoms with Crippen molar-refractivity contribution in [3.05, 3.63) is 59.9 Å². The molecule has 0 radical (unpaired) electrons. The molecule has 0 atom stereocenters. The van der Waals surface area contributed by atoms with Crippen molar-refractivity contribution >= 4 is 17.7 Å². The van der Waals surface area contributed by atoms with E-state index >= 15 is 0 Å². The number of nitrogens with zero attached hydrogens (tertiary/aromatic N) is 2. The third-order valence-corrected chi connectivity index (χ3v) is 4.47. The van der Waals surface area contributed by atoms with E-state index in [2.05, 4.69) is 57.9 Å². The summed E-state index contributed by atoms with van der Waals surface area (Å²) in [5, 5.41) is 6.70. The number of aryl methyl sites for hydroxylation is 1. The van der Waals surface area contributed by atoms with Gasteiger partial charge in [-0.2, -0.15) is 0 Å². The van der Waals surface area contributed by atoms with E-state index in [1.54, 1.807) is 7.05 Å². The Bertz CT molecular complexity index is 613. The molecule has 0 fully saturated rings. The van der Waals surface area contributed by atoms with Crippen LogP contribution in [-0.2, 0) is 6.42 Å². The molecule has 122 valence electrons. The number of aromatic nitrogens is 1. The van der Waals surface area contributed by atoms with Crippen LogP contribution in [0.5, 0.6) is 0 Å². The molecule has 0 amide bonds. The number of pyridine rings is 1. The fourth-order valence-corrected chi connectivity index (χ4v) is 2.96. The zero-order valence-electron chi connectivity index (χ0n) is 13.7. The Morgan fingerprint density at radius 1 is 1.13 bits per heavy atom. The van der Waals surface area contributed by atoms with Gasteiger partial charge in [-0.25, -0.2) is 0 Å². The predicted molar refractivity (Wildman–Crippen MR) is 99.2 cm³/mol. The molecular weight excluding hydrogens is 304 g/mol. The Kier molecular flexibility index (Phi) is 7.46. The average molecular weight is 328 g/mol. The van der Waals surface area contributed by atoms with Gasteiger partial charge in [0.1, 0.15) is 0 Å². The predicted octanol–water partition coefficient (Wildman–Crippen LogP) is 2.89. The van der Waals surface area contributed by atoms with Gasteiger partial charge in [0.25, 0.3) is 0 Å². The average Bonchev–Trinajstić information content (AvgIpc) is 2.59. The van der Waals surface area contributed by atoms with Crippen LogP contribution < -0.4 is 10.6 Å². The number of rotatable bonds is 7. The quantitative estimate of drug-likeness (QED) is 0.355. The van der Waals surface area contributed by atoms with Crippen molar-refractivity contribution in [2.45, 2.75) is 18.2 Å². The molecule has 0 aliphatic carbocycles. The van der Waals surface area contributed by atoms with Crippen molar-refractivity contribution in [2.75, 3.05) is 25.9 Å². The zero-order chi connectivity index (χ0) is 16.3. The fraction of sp³-hybridized carbons (Fsp3) is 0.333. The molecule has 2 aromatic rings. The summed E-state index contributed by atoms with van der Waals surface area (Å²) < 4.78 is 0. The summed E-state index contributed by atoms with van der Waals surface area (Å²) in [4.78, 5) is 9.68. The highest BCUT2D eigenvalue weighted by molar-refractivity contribution is 7.99. The van der Waals surface area contributed by atoms with Crippen LogP contribution >= 0.6 is 11.8 Å². The van der Waals surface area contributed by atoms with E-state index < -0.39 is 0 Å². The summed E-state index contributed by atoms with van der Waals surface area (Å²) in [5.41, 5.74) is 2.55. The van der Waals surface area contributed by atoms with Gasteiger partial charge in [-0.3, -0.25) is 9.98 Å². The molecule has 23 heavy (non-hydrogen) atoms. The lowest BCUT2D eigenvalue weighted by Gasteiger charge is -2.12. The second-order valence-corrected chi connectivity index (χ2v) is 6.31.